The fourth-order valence-electron chi connectivity index (χ4n) is 6.17. The number of carboxylic acids is 1. The van der Waals surface area contributed by atoms with Crippen LogP contribution in [0, 0.1) is 5.95 Å². The Morgan fingerprint density at radius 1 is 1.07 bits per heavy atom. The number of amides is 1. The third-order valence-corrected chi connectivity index (χ3v) is 8.47. The minimum Gasteiger partial charge on any atom is -0.478 e. The number of aromatic nitrogens is 2. The maximum atomic E-state index is 13.6. The van der Waals surface area contributed by atoms with E-state index in [1.807, 2.05) is 0 Å². The van der Waals surface area contributed by atoms with Crippen LogP contribution >= 0.6 is 0 Å². The van der Waals surface area contributed by atoms with Crippen molar-refractivity contribution in [1.29, 1.82) is 0 Å². The number of hydrogen-bond acceptors (Lipinski definition) is 5. The van der Waals surface area contributed by atoms with E-state index in [-0.39, 0.29) is 11.7 Å². The molecule has 1 aliphatic carbocycles. The predicted octanol–water partition coefficient (Wildman–Crippen LogP) is 5.87. The number of fused-ring (bicyclic) bond motifs is 1. The first-order valence-electron chi connectivity index (χ1n) is 13.7. The number of nitrogens with zero attached hydrogens (tertiary/aromatic N) is 4. The first kappa shape index (κ1) is 24.8. The normalized spacial score (nSPS) is 18.9. The second-order valence-corrected chi connectivity index (χ2v) is 11.1. The quantitative estimate of drug-likeness (QED) is 0.308. The molecule has 1 amide bonds. The number of halogens is 1. The maximum absolute atomic E-state index is 13.6. The number of hydrogen-bond donors (Lipinski definition) is 1. The second kappa shape index (κ2) is 9.45. The molecular formula is C31H29FN4O4. The molecule has 8 nitrogen and oxygen atoms in total. The first-order valence-corrected chi connectivity index (χ1v) is 13.7. The van der Waals surface area contributed by atoms with E-state index in [9.17, 15) is 14.0 Å². The zero-order valence-corrected chi connectivity index (χ0v) is 21.9. The van der Waals surface area contributed by atoms with Gasteiger partial charge in [0.05, 0.1) is 12.1 Å². The Balaban J connectivity index is 1.10. The molecule has 1 saturated carbocycles. The number of rotatable bonds is 6. The Morgan fingerprint density at radius 2 is 1.85 bits per heavy atom. The molecule has 2 aromatic carbocycles. The maximum Gasteiger partial charge on any atom is 0.415 e. The van der Waals surface area contributed by atoms with Gasteiger partial charge in [-0.2, -0.15) is 4.39 Å². The molecule has 2 saturated heterocycles. The highest BCUT2D eigenvalue weighted by atomic mass is 19.1. The van der Waals surface area contributed by atoms with Crippen LogP contribution in [0.5, 0.6) is 0 Å². The van der Waals surface area contributed by atoms with Crippen molar-refractivity contribution in [2.24, 2.45) is 0 Å². The molecule has 0 unspecified atom stereocenters. The van der Waals surface area contributed by atoms with Crippen molar-refractivity contribution in [1.82, 2.24) is 14.5 Å². The van der Waals surface area contributed by atoms with Crippen molar-refractivity contribution in [2.45, 2.75) is 43.9 Å². The van der Waals surface area contributed by atoms with Crippen molar-refractivity contribution < 1.29 is 23.8 Å². The Kier molecular flexibility index (Phi) is 5.85. The molecule has 1 spiro atoms. The fraction of sp³-hybridized carbons (Fsp3) is 0.323. The standard InChI is InChI=1S/C31H29FN4O4/c32-27-11-6-21(16-33-27)25-2-1-3-26-28(25)22(18-35(26)23-9-10-23)17-34-14-12-31(13-15-34)19-36(30(39)40-31)24-7-4-20(5-8-24)29(37)38/h1-8,11,16,18,23H,9-10,12-15,17,19H2,(H,37,38). The summed E-state index contributed by atoms with van der Waals surface area (Å²) < 4.78 is 21.9. The van der Waals surface area contributed by atoms with Crippen molar-refractivity contribution >= 4 is 28.7 Å². The summed E-state index contributed by atoms with van der Waals surface area (Å²) in [5.41, 5.74) is 4.66. The van der Waals surface area contributed by atoms with Gasteiger partial charge < -0.3 is 14.4 Å². The number of pyridine rings is 1. The Bertz CT molecular complexity index is 1600. The van der Waals surface area contributed by atoms with E-state index in [2.05, 4.69) is 38.8 Å². The molecular weight excluding hydrogens is 511 g/mol. The third-order valence-electron chi connectivity index (χ3n) is 8.47. The molecule has 9 heteroatoms. The summed E-state index contributed by atoms with van der Waals surface area (Å²) >= 11 is 0. The number of carbonyl (C=O) groups excluding carboxylic acids is 1. The second-order valence-electron chi connectivity index (χ2n) is 11.1. The van der Waals surface area contributed by atoms with Crippen LogP contribution in [0.3, 0.4) is 0 Å². The molecule has 1 N–H and O–H groups in total. The third kappa shape index (κ3) is 4.40. The molecule has 3 aliphatic rings. The lowest BCUT2D eigenvalue weighted by atomic mass is 9.90. The van der Waals surface area contributed by atoms with E-state index in [0.29, 0.717) is 18.3 Å². The Hall–Kier alpha value is -4.24. The zero-order chi connectivity index (χ0) is 27.4. The lowest BCUT2D eigenvalue weighted by Gasteiger charge is -2.37. The van der Waals surface area contributed by atoms with Gasteiger partial charge in [0.25, 0.3) is 0 Å². The van der Waals surface area contributed by atoms with Gasteiger partial charge in [-0.3, -0.25) is 9.80 Å². The first-order chi connectivity index (χ1) is 19.4. The SMILES string of the molecule is O=C(O)c1ccc(N2CC3(CCN(Cc4cn(C5CC5)c5cccc(-c6ccc(F)nc6)c45)CC3)OC2=O)cc1. The molecule has 204 valence electrons. The monoisotopic (exact) mass is 540 g/mol. The number of anilines is 1. The summed E-state index contributed by atoms with van der Waals surface area (Å²) in [6.45, 7) is 2.80. The summed E-state index contributed by atoms with van der Waals surface area (Å²) in [6.07, 6.45) is 7.30. The van der Waals surface area contributed by atoms with Gasteiger partial charge in [0.1, 0.15) is 5.60 Å². The number of likely N-dealkylation sites (tertiary alicyclic amines) is 1. The van der Waals surface area contributed by atoms with Crippen molar-refractivity contribution in [2.75, 3.05) is 24.5 Å². The summed E-state index contributed by atoms with van der Waals surface area (Å²) in [5, 5.41) is 10.4. The van der Waals surface area contributed by atoms with E-state index in [0.717, 1.165) is 43.6 Å². The summed E-state index contributed by atoms with van der Waals surface area (Å²) in [4.78, 5) is 31.9. The summed E-state index contributed by atoms with van der Waals surface area (Å²) in [6, 6.07) is 16.3. The van der Waals surface area contributed by atoms with E-state index in [1.165, 1.54) is 47.5 Å². The Labute approximate surface area is 230 Å². The van der Waals surface area contributed by atoms with Gasteiger partial charge in [0.2, 0.25) is 5.95 Å². The highest BCUT2D eigenvalue weighted by Crippen LogP contribution is 2.42. The van der Waals surface area contributed by atoms with Gasteiger partial charge in [0, 0.05) is 73.1 Å². The van der Waals surface area contributed by atoms with Crippen LogP contribution in [0.15, 0.2) is 67.0 Å². The van der Waals surface area contributed by atoms with Crippen LogP contribution in [0.25, 0.3) is 22.0 Å². The van der Waals surface area contributed by atoms with Gasteiger partial charge >= 0.3 is 12.1 Å². The van der Waals surface area contributed by atoms with Gasteiger partial charge in [0.15, 0.2) is 0 Å². The number of piperidine rings is 1. The van der Waals surface area contributed by atoms with Crippen LogP contribution in [0.2, 0.25) is 0 Å². The van der Waals surface area contributed by atoms with E-state index in [1.54, 1.807) is 29.3 Å². The molecule has 40 heavy (non-hydrogen) atoms. The van der Waals surface area contributed by atoms with Gasteiger partial charge in [-0.05, 0) is 66.4 Å². The summed E-state index contributed by atoms with van der Waals surface area (Å²) in [7, 11) is 0. The number of aromatic carboxylic acids is 1. The van der Waals surface area contributed by atoms with E-state index in [4.69, 9.17) is 9.84 Å². The smallest absolute Gasteiger partial charge is 0.415 e. The highest BCUT2D eigenvalue weighted by molar-refractivity contribution is 5.98. The average Bonchev–Trinajstić information content (AvgIpc) is 3.67. The van der Waals surface area contributed by atoms with Crippen molar-refractivity contribution in [3.8, 4) is 11.1 Å². The molecule has 3 fully saturated rings. The molecule has 2 aromatic heterocycles. The number of benzene rings is 2. The average molecular weight is 541 g/mol. The number of carboxylic acid groups (broad SMARTS) is 1. The largest absolute Gasteiger partial charge is 0.478 e. The van der Waals surface area contributed by atoms with Crippen LogP contribution in [-0.4, -0.2) is 56.9 Å². The fourth-order valence-corrected chi connectivity index (χ4v) is 6.17. The minimum atomic E-state index is -0.999. The zero-order valence-electron chi connectivity index (χ0n) is 21.9. The van der Waals surface area contributed by atoms with Crippen LogP contribution in [0.1, 0.15) is 47.6 Å². The lowest BCUT2D eigenvalue weighted by Crippen LogP contribution is -2.46. The van der Waals surface area contributed by atoms with Gasteiger partial charge in [-0.25, -0.2) is 14.6 Å². The van der Waals surface area contributed by atoms with E-state index < -0.39 is 17.5 Å². The van der Waals surface area contributed by atoms with Gasteiger partial charge in [-0.15, -0.1) is 0 Å². The highest BCUT2D eigenvalue weighted by Gasteiger charge is 2.47. The lowest BCUT2D eigenvalue weighted by molar-refractivity contribution is -0.000897. The van der Waals surface area contributed by atoms with E-state index >= 15 is 0 Å². The minimum absolute atomic E-state index is 0.182. The molecule has 4 heterocycles. The molecule has 2 aliphatic heterocycles. The van der Waals surface area contributed by atoms with Crippen LogP contribution in [0.4, 0.5) is 14.9 Å². The number of carbonyl (C=O) groups is 2. The molecule has 7 rings (SSSR count). The number of ether oxygens (including phenoxy) is 1. The topological polar surface area (TPSA) is 87.9 Å². The molecule has 0 radical (unpaired) electrons. The molecule has 0 bridgehead atoms. The van der Waals surface area contributed by atoms with Crippen molar-refractivity contribution in [3.63, 3.8) is 0 Å². The van der Waals surface area contributed by atoms with Crippen LogP contribution in [-0.2, 0) is 11.3 Å². The predicted molar refractivity (Wildman–Crippen MR) is 148 cm³/mol. The molecule has 0 atom stereocenters. The van der Waals surface area contributed by atoms with Crippen molar-refractivity contribution in [3.05, 3.63) is 84.1 Å². The Morgan fingerprint density at radius 3 is 2.52 bits per heavy atom. The van der Waals surface area contributed by atoms with Crippen LogP contribution < -0.4 is 4.90 Å². The van der Waals surface area contributed by atoms with Gasteiger partial charge in [-0.1, -0.05) is 12.1 Å². The molecule has 4 aromatic rings. The summed E-state index contributed by atoms with van der Waals surface area (Å²) in [5.74, 6) is -1.49.